The van der Waals surface area contributed by atoms with Crippen molar-refractivity contribution in [1.29, 1.82) is 0 Å². The molecule has 1 aromatic heterocycles. The van der Waals surface area contributed by atoms with Gasteiger partial charge in [0.1, 0.15) is 5.00 Å². The fraction of sp³-hybridized carbons (Fsp3) is 0.476. The van der Waals surface area contributed by atoms with Crippen LogP contribution in [-0.4, -0.2) is 39.0 Å². The quantitative estimate of drug-likeness (QED) is 0.493. The van der Waals surface area contributed by atoms with Gasteiger partial charge in [-0.05, 0) is 50.3 Å². The van der Waals surface area contributed by atoms with Gasteiger partial charge in [0.15, 0.2) is 17.7 Å². The van der Waals surface area contributed by atoms with E-state index in [-0.39, 0.29) is 5.97 Å². The Morgan fingerprint density at radius 1 is 1.14 bits per heavy atom. The van der Waals surface area contributed by atoms with E-state index in [0.717, 1.165) is 31.2 Å². The molecular formula is C21H27NO6S. The lowest BCUT2D eigenvalue weighted by molar-refractivity contribution is 0.0526. The zero-order chi connectivity index (χ0) is 21.0. The van der Waals surface area contributed by atoms with Crippen LogP contribution in [0.1, 0.15) is 52.4 Å². The van der Waals surface area contributed by atoms with E-state index < -0.39 is 6.23 Å². The first-order valence-electron chi connectivity index (χ1n) is 9.60. The molecule has 3 rings (SSSR count). The van der Waals surface area contributed by atoms with Crippen molar-refractivity contribution in [1.82, 2.24) is 0 Å². The monoisotopic (exact) mass is 421 g/mol. The minimum atomic E-state index is -1.07. The number of hydrogen-bond acceptors (Lipinski definition) is 8. The maximum absolute atomic E-state index is 12.6. The highest BCUT2D eigenvalue weighted by atomic mass is 32.1. The Morgan fingerprint density at radius 3 is 2.38 bits per heavy atom. The van der Waals surface area contributed by atoms with Crippen LogP contribution in [0.25, 0.3) is 0 Å². The van der Waals surface area contributed by atoms with Crippen molar-refractivity contribution in [3.63, 3.8) is 0 Å². The molecular weight excluding hydrogens is 394 g/mol. The number of aliphatic hydroxyl groups is 1. The minimum absolute atomic E-state index is 0.304. The molecule has 2 N–H and O–H groups in total. The number of aryl methyl sites for hydroxylation is 1. The molecule has 7 nitrogen and oxygen atoms in total. The zero-order valence-corrected chi connectivity index (χ0v) is 18.0. The number of hydrogen-bond donors (Lipinski definition) is 2. The topological polar surface area (TPSA) is 86.3 Å². The van der Waals surface area contributed by atoms with Crippen molar-refractivity contribution >= 4 is 22.3 Å². The molecule has 0 spiro atoms. The lowest BCUT2D eigenvalue weighted by Gasteiger charge is -2.19. The summed E-state index contributed by atoms with van der Waals surface area (Å²) in [5, 5.41) is 14.6. The third-order valence-electron chi connectivity index (χ3n) is 4.92. The number of benzene rings is 1. The molecule has 8 heteroatoms. The second-order valence-electron chi connectivity index (χ2n) is 6.64. The van der Waals surface area contributed by atoms with Crippen LogP contribution in [0.2, 0.25) is 0 Å². The second-order valence-corrected chi connectivity index (χ2v) is 7.75. The van der Waals surface area contributed by atoms with E-state index in [1.54, 1.807) is 19.1 Å². The number of fused-ring (bicyclic) bond motifs is 1. The van der Waals surface area contributed by atoms with Crippen LogP contribution in [0.3, 0.4) is 0 Å². The summed E-state index contributed by atoms with van der Waals surface area (Å²) in [6.07, 6.45) is 2.86. The van der Waals surface area contributed by atoms with E-state index in [2.05, 4.69) is 5.32 Å². The van der Waals surface area contributed by atoms with Crippen molar-refractivity contribution in [2.24, 2.45) is 0 Å². The maximum Gasteiger partial charge on any atom is 0.341 e. The molecule has 0 saturated heterocycles. The van der Waals surface area contributed by atoms with Crippen molar-refractivity contribution in [2.75, 3.05) is 33.3 Å². The normalized spacial score (nSPS) is 14.0. The van der Waals surface area contributed by atoms with Crippen molar-refractivity contribution in [3.05, 3.63) is 33.7 Å². The summed E-state index contributed by atoms with van der Waals surface area (Å²) in [5.74, 6) is 0.980. The summed E-state index contributed by atoms with van der Waals surface area (Å²) in [7, 11) is 4.57. The van der Waals surface area contributed by atoms with E-state index in [1.807, 2.05) is 0 Å². The smallest absolute Gasteiger partial charge is 0.341 e. The van der Waals surface area contributed by atoms with Crippen molar-refractivity contribution in [3.8, 4) is 17.2 Å². The van der Waals surface area contributed by atoms with Gasteiger partial charge in [0.25, 0.3) is 0 Å². The van der Waals surface area contributed by atoms with E-state index in [9.17, 15) is 9.90 Å². The third kappa shape index (κ3) is 4.28. The number of anilines is 1. The molecule has 29 heavy (non-hydrogen) atoms. The highest BCUT2D eigenvalue weighted by molar-refractivity contribution is 7.16. The number of carbonyl (C=O) groups is 1. The van der Waals surface area contributed by atoms with Crippen LogP contribution in [0, 0.1) is 0 Å². The molecule has 158 valence electrons. The molecule has 1 heterocycles. The minimum Gasteiger partial charge on any atom is -0.493 e. The molecule has 1 aliphatic rings. The Labute approximate surface area is 174 Å². The third-order valence-corrected chi connectivity index (χ3v) is 6.14. The Kier molecular flexibility index (Phi) is 6.87. The largest absolute Gasteiger partial charge is 0.493 e. The number of rotatable bonds is 8. The molecule has 0 amide bonds. The van der Waals surface area contributed by atoms with Gasteiger partial charge in [-0.15, -0.1) is 11.3 Å². The van der Waals surface area contributed by atoms with E-state index in [4.69, 9.17) is 18.9 Å². The van der Waals surface area contributed by atoms with Gasteiger partial charge >= 0.3 is 5.97 Å². The highest BCUT2D eigenvalue weighted by Crippen LogP contribution is 2.42. The van der Waals surface area contributed by atoms with Gasteiger partial charge < -0.3 is 29.4 Å². The summed E-state index contributed by atoms with van der Waals surface area (Å²) in [6, 6.07) is 3.35. The first-order chi connectivity index (χ1) is 14.0. The van der Waals surface area contributed by atoms with Crippen LogP contribution in [0.5, 0.6) is 17.2 Å². The fourth-order valence-electron chi connectivity index (χ4n) is 3.55. The van der Waals surface area contributed by atoms with E-state index in [0.29, 0.717) is 40.0 Å². The van der Waals surface area contributed by atoms with Crippen LogP contribution < -0.4 is 19.5 Å². The number of ether oxygens (including phenoxy) is 4. The SMILES string of the molecule is CCOC(=O)c1c(NC(O)c2cc(OC)c(OC)c(OC)c2)sc2c1CCCC2. The Balaban J connectivity index is 1.96. The molecule has 0 aliphatic heterocycles. The summed E-state index contributed by atoms with van der Waals surface area (Å²) in [4.78, 5) is 13.8. The van der Waals surface area contributed by atoms with Gasteiger partial charge in [-0.2, -0.15) is 0 Å². The molecule has 0 bridgehead atoms. The van der Waals surface area contributed by atoms with Crippen LogP contribution in [-0.2, 0) is 17.6 Å². The lowest BCUT2D eigenvalue weighted by atomic mass is 9.95. The van der Waals surface area contributed by atoms with Gasteiger partial charge in [-0.1, -0.05) is 0 Å². The number of aliphatic hydroxyl groups excluding tert-OH is 1. The predicted octanol–water partition coefficient (Wildman–Crippen LogP) is 3.93. The molecule has 1 aliphatic carbocycles. The zero-order valence-electron chi connectivity index (χ0n) is 17.2. The molecule has 0 radical (unpaired) electrons. The van der Waals surface area contributed by atoms with E-state index >= 15 is 0 Å². The van der Waals surface area contributed by atoms with Crippen LogP contribution in [0.15, 0.2) is 12.1 Å². The van der Waals surface area contributed by atoms with Gasteiger partial charge in [0.05, 0.1) is 33.5 Å². The molecule has 2 aromatic rings. The van der Waals surface area contributed by atoms with Crippen molar-refractivity contribution in [2.45, 2.75) is 38.8 Å². The maximum atomic E-state index is 12.6. The highest BCUT2D eigenvalue weighted by Gasteiger charge is 2.28. The van der Waals surface area contributed by atoms with Gasteiger partial charge in [0, 0.05) is 10.4 Å². The predicted molar refractivity (Wildman–Crippen MR) is 112 cm³/mol. The van der Waals surface area contributed by atoms with Gasteiger partial charge in [-0.3, -0.25) is 0 Å². The second kappa shape index (κ2) is 9.37. The number of thiophene rings is 1. The molecule has 0 saturated carbocycles. The van der Waals surface area contributed by atoms with Crippen LogP contribution >= 0.6 is 11.3 Å². The number of nitrogens with one attached hydrogen (secondary N) is 1. The first-order valence-corrected chi connectivity index (χ1v) is 10.4. The summed E-state index contributed by atoms with van der Waals surface area (Å²) < 4.78 is 21.3. The number of carbonyl (C=O) groups excluding carboxylic acids is 1. The Bertz CT molecular complexity index is 853. The molecule has 1 unspecified atom stereocenters. The summed E-state index contributed by atoms with van der Waals surface area (Å²) >= 11 is 1.51. The van der Waals surface area contributed by atoms with Crippen LogP contribution in [0.4, 0.5) is 5.00 Å². The standard InChI is InChI=1S/C21H27NO6S/c1-5-28-21(24)17-13-8-6-7-9-16(13)29-20(17)22-19(23)12-10-14(25-2)18(27-4)15(11-12)26-3/h10-11,19,22-23H,5-9H2,1-4H3. The summed E-state index contributed by atoms with van der Waals surface area (Å²) in [6.45, 7) is 2.09. The average Bonchev–Trinajstić information content (AvgIpc) is 3.10. The summed E-state index contributed by atoms with van der Waals surface area (Å²) in [5.41, 5.74) is 2.11. The van der Waals surface area contributed by atoms with Gasteiger partial charge in [0.2, 0.25) is 5.75 Å². The number of esters is 1. The van der Waals surface area contributed by atoms with E-state index in [1.165, 1.54) is 37.5 Å². The average molecular weight is 422 g/mol. The molecule has 1 atom stereocenters. The molecule has 0 fully saturated rings. The Hall–Kier alpha value is -2.45. The first kappa shape index (κ1) is 21.3. The number of methoxy groups -OCH3 is 3. The molecule has 1 aromatic carbocycles. The lowest BCUT2D eigenvalue weighted by Crippen LogP contribution is -2.14. The van der Waals surface area contributed by atoms with Gasteiger partial charge in [-0.25, -0.2) is 4.79 Å². The fourth-order valence-corrected chi connectivity index (χ4v) is 4.85. The van der Waals surface area contributed by atoms with Crippen molar-refractivity contribution < 1.29 is 28.8 Å². The Morgan fingerprint density at radius 2 is 1.79 bits per heavy atom.